The van der Waals surface area contributed by atoms with Crippen molar-refractivity contribution < 1.29 is 4.42 Å². The molecule has 0 saturated heterocycles. The number of nitrogen functional groups attached to an aromatic ring is 1. The summed E-state index contributed by atoms with van der Waals surface area (Å²) in [7, 11) is 0. The SMILES string of the molecule is CSc1nccc(-c2oc(C3CC3)nc2-c2cc(Cl)cc(N)c2Cl)n1. The van der Waals surface area contributed by atoms with E-state index in [0.29, 0.717) is 55.4 Å². The first-order chi connectivity index (χ1) is 12.1. The van der Waals surface area contributed by atoms with Crippen LogP contribution >= 0.6 is 35.0 Å². The molecule has 1 saturated carbocycles. The maximum Gasteiger partial charge on any atom is 0.198 e. The summed E-state index contributed by atoms with van der Waals surface area (Å²) in [5, 5.41) is 1.55. The summed E-state index contributed by atoms with van der Waals surface area (Å²) in [5.41, 5.74) is 8.27. The molecule has 5 nitrogen and oxygen atoms in total. The van der Waals surface area contributed by atoms with Gasteiger partial charge in [-0.3, -0.25) is 0 Å². The topological polar surface area (TPSA) is 77.8 Å². The number of nitrogens with zero attached hydrogens (tertiary/aromatic N) is 3. The van der Waals surface area contributed by atoms with Gasteiger partial charge in [-0.25, -0.2) is 15.0 Å². The van der Waals surface area contributed by atoms with Crippen molar-refractivity contribution in [3.63, 3.8) is 0 Å². The summed E-state index contributed by atoms with van der Waals surface area (Å²) in [6, 6.07) is 5.16. The molecule has 0 bridgehead atoms. The molecule has 2 heterocycles. The Morgan fingerprint density at radius 3 is 2.76 bits per heavy atom. The van der Waals surface area contributed by atoms with E-state index < -0.39 is 0 Å². The molecule has 2 aromatic heterocycles. The van der Waals surface area contributed by atoms with Crippen molar-refractivity contribution in [3.8, 4) is 22.7 Å². The molecule has 0 aliphatic heterocycles. The Balaban J connectivity index is 1.93. The molecule has 4 rings (SSSR count). The number of thioether (sulfide) groups is 1. The summed E-state index contributed by atoms with van der Waals surface area (Å²) in [6.07, 6.45) is 5.77. The molecule has 1 aliphatic carbocycles. The van der Waals surface area contributed by atoms with Crippen molar-refractivity contribution >= 4 is 40.7 Å². The van der Waals surface area contributed by atoms with Gasteiger partial charge < -0.3 is 10.2 Å². The lowest BCUT2D eigenvalue weighted by Gasteiger charge is -2.07. The average molecular weight is 393 g/mol. The standard InChI is InChI=1S/C17H14Cl2N4OS/c1-25-17-21-5-4-12(22-17)15-14(23-16(24-15)8-2-3-8)10-6-9(18)7-11(20)13(10)19/h4-8H,2-3,20H2,1H3. The van der Waals surface area contributed by atoms with Crippen LogP contribution in [-0.4, -0.2) is 21.2 Å². The summed E-state index contributed by atoms with van der Waals surface area (Å²) in [4.78, 5) is 13.4. The van der Waals surface area contributed by atoms with Gasteiger partial charge in [0.25, 0.3) is 0 Å². The van der Waals surface area contributed by atoms with Crippen LogP contribution in [0.15, 0.2) is 34.0 Å². The van der Waals surface area contributed by atoms with E-state index in [0.717, 1.165) is 12.8 Å². The zero-order valence-electron chi connectivity index (χ0n) is 13.3. The molecule has 1 aliphatic rings. The van der Waals surface area contributed by atoms with Gasteiger partial charge >= 0.3 is 0 Å². The third-order valence-corrected chi connectivity index (χ3v) is 5.14. The molecule has 3 aromatic rings. The number of anilines is 1. The Bertz CT molecular complexity index is 956. The van der Waals surface area contributed by atoms with Crippen LogP contribution in [0.25, 0.3) is 22.7 Å². The Kier molecular flexibility index (Phi) is 4.35. The third kappa shape index (κ3) is 3.21. The van der Waals surface area contributed by atoms with Crippen LogP contribution in [0.3, 0.4) is 0 Å². The summed E-state index contributed by atoms with van der Waals surface area (Å²) in [6.45, 7) is 0. The van der Waals surface area contributed by atoms with Crippen molar-refractivity contribution in [1.29, 1.82) is 0 Å². The summed E-state index contributed by atoms with van der Waals surface area (Å²) < 4.78 is 6.06. The number of hydrogen-bond donors (Lipinski definition) is 1. The monoisotopic (exact) mass is 392 g/mol. The number of aromatic nitrogens is 3. The molecular formula is C17H14Cl2N4OS. The second-order valence-corrected chi connectivity index (χ2v) is 7.38. The molecule has 0 atom stereocenters. The maximum atomic E-state index is 6.42. The lowest BCUT2D eigenvalue weighted by molar-refractivity contribution is 0.507. The minimum absolute atomic E-state index is 0.352. The number of nitrogens with two attached hydrogens (primary N) is 1. The molecule has 8 heteroatoms. The smallest absolute Gasteiger partial charge is 0.198 e. The zero-order chi connectivity index (χ0) is 17.6. The number of oxazole rings is 1. The van der Waals surface area contributed by atoms with E-state index in [1.54, 1.807) is 24.4 Å². The quantitative estimate of drug-likeness (QED) is 0.369. The van der Waals surface area contributed by atoms with Gasteiger partial charge in [0.05, 0.1) is 10.7 Å². The zero-order valence-corrected chi connectivity index (χ0v) is 15.6. The normalized spacial score (nSPS) is 14.0. The molecule has 128 valence electrons. The van der Waals surface area contributed by atoms with Crippen LogP contribution in [0.5, 0.6) is 0 Å². The van der Waals surface area contributed by atoms with E-state index in [9.17, 15) is 0 Å². The first-order valence-electron chi connectivity index (χ1n) is 7.70. The van der Waals surface area contributed by atoms with Gasteiger partial charge in [0.2, 0.25) is 0 Å². The first kappa shape index (κ1) is 16.7. The highest BCUT2D eigenvalue weighted by Crippen LogP contribution is 2.45. The Morgan fingerprint density at radius 1 is 1.24 bits per heavy atom. The molecule has 0 amide bonds. The predicted octanol–water partition coefficient (Wildman–Crippen LogP) is 5.29. The highest BCUT2D eigenvalue weighted by molar-refractivity contribution is 7.98. The van der Waals surface area contributed by atoms with Crippen LogP contribution in [0.4, 0.5) is 5.69 Å². The van der Waals surface area contributed by atoms with Gasteiger partial charge in [-0.15, -0.1) is 0 Å². The molecule has 2 N–H and O–H groups in total. The summed E-state index contributed by atoms with van der Waals surface area (Å²) >= 11 is 14.1. The van der Waals surface area contributed by atoms with E-state index in [2.05, 4.69) is 15.0 Å². The second-order valence-electron chi connectivity index (χ2n) is 5.79. The van der Waals surface area contributed by atoms with Gasteiger partial charge in [0.15, 0.2) is 16.8 Å². The van der Waals surface area contributed by atoms with Gasteiger partial charge in [-0.2, -0.15) is 0 Å². The van der Waals surface area contributed by atoms with E-state index in [1.165, 1.54) is 11.8 Å². The number of hydrogen-bond acceptors (Lipinski definition) is 6. The van der Waals surface area contributed by atoms with Crippen LogP contribution in [0, 0.1) is 0 Å². The molecule has 0 radical (unpaired) electrons. The molecule has 0 spiro atoms. The van der Waals surface area contributed by atoms with Gasteiger partial charge in [-0.05, 0) is 37.3 Å². The van der Waals surface area contributed by atoms with Crippen molar-refractivity contribution in [1.82, 2.24) is 15.0 Å². The number of benzene rings is 1. The van der Waals surface area contributed by atoms with Crippen LogP contribution in [0.1, 0.15) is 24.7 Å². The van der Waals surface area contributed by atoms with Crippen molar-refractivity contribution in [2.45, 2.75) is 23.9 Å². The number of rotatable bonds is 4. The predicted molar refractivity (Wildman–Crippen MR) is 101 cm³/mol. The molecular weight excluding hydrogens is 379 g/mol. The van der Waals surface area contributed by atoms with Crippen LogP contribution in [0.2, 0.25) is 10.0 Å². The molecule has 1 fully saturated rings. The molecule has 25 heavy (non-hydrogen) atoms. The largest absolute Gasteiger partial charge is 0.438 e. The number of halogens is 2. The van der Waals surface area contributed by atoms with Crippen LogP contribution in [-0.2, 0) is 0 Å². The Labute approximate surface area is 159 Å². The Hall–Kier alpha value is -1.76. The lowest BCUT2D eigenvalue weighted by atomic mass is 10.1. The van der Waals surface area contributed by atoms with Gasteiger partial charge in [-0.1, -0.05) is 35.0 Å². The fraction of sp³-hybridized carbons (Fsp3) is 0.235. The molecule has 0 unspecified atom stereocenters. The van der Waals surface area contributed by atoms with E-state index in [-0.39, 0.29) is 0 Å². The lowest BCUT2D eigenvalue weighted by Crippen LogP contribution is -1.93. The maximum absolute atomic E-state index is 6.42. The third-order valence-electron chi connectivity index (χ3n) is 3.94. The molecule has 1 aromatic carbocycles. The summed E-state index contributed by atoms with van der Waals surface area (Å²) in [5.74, 6) is 1.61. The van der Waals surface area contributed by atoms with Crippen molar-refractivity contribution in [2.75, 3.05) is 12.0 Å². The average Bonchev–Trinajstić information content (AvgIpc) is 3.37. The van der Waals surface area contributed by atoms with Gasteiger partial charge in [0, 0.05) is 22.7 Å². The van der Waals surface area contributed by atoms with E-state index in [4.69, 9.17) is 33.4 Å². The van der Waals surface area contributed by atoms with Crippen molar-refractivity contribution in [3.05, 3.63) is 40.3 Å². The van der Waals surface area contributed by atoms with Crippen molar-refractivity contribution in [2.24, 2.45) is 0 Å². The fourth-order valence-corrected chi connectivity index (χ4v) is 3.33. The second kappa shape index (κ2) is 6.52. The van der Waals surface area contributed by atoms with E-state index >= 15 is 0 Å². The van der Waals surface area contributed by atoms with Crippen LogP contribution < -0.4 is 5.73 Å². The minimum atomic E-state index is 0.352. The highest BCUT2D eigenvalue weighted by Gasteiger charge is 2.32. The highest BCUT2D eigenvalue weighted by atomic mass is 35.5. The minimum Gasteiger partial charge on any atom is -0.438 e. The first-order valence-corrected chi connectivity index (χ1v) is 9.68. The fourth-order valence-electron chi connectivity index (χ4n) is 2.55. The Morgan fingerprint density at radius 2 is 2.04 bits per heavy atom. The van der Waals surface area contributed by atoms with E-state index in [1.807, 2.05) is 6.26 Å². The van der Waals surface area contributed by atoms with Gasteiger partial charge in [0.1, 0.15) is 11.4 Å².